The SMILES string of the molecule is O=c1[nH]c(/C=C/c2cc(Br)ccc2OCc2ccc([N+](=O)[O-])cc2)c([N+](=O)[O-])c(=O)[nH]1. The molecule has 1 heterocycles. The number of nitro benzene ring substituents is 1. The van der Waals surface area contributed by atoms with E-state index in [0.717, 1.165) is 0 Å². The summed E-state index contributed by atoms with van der Waals surface area (Å²) in [7, 11) is 0. The van der Waals surface area contributed by atoms with Crippen LogP contribution in [0.25, 0.3) is 12.2 Å². The number of H-pyrrole nitrogens is 2. The van der Waals surface area contributed by atoms with Crippen LogP contribution in [0, 0.1) is 20.2 Å². The summed E-state index contributed by atoms with van der Waals surface area (Å²) in [5.41, 5.74) is -1.88. The Morgan fingerprint density at radius 3 is 2.32 bits per heavy atom. The van der Waals surface area contributed by atoms with Gasteiger partial charge in [0.2, 0.25) is 0 Å². The quantitative estimate of drug-likeness (QED) is 0.380. The Balaban J connectivity index is 1.89. The van der Waals surface area contributed by atoms with Crippen molar-refractivity contribution >= 4 is 39.5 Å². The van der Waals surface area contributed by atoms with Gasteiger partial charge in [-0.3, -0.25) is 30.0 Å². The Morgan fingerprint density at radius 1 is 0.968 bits per heavy atom. The smallest absolute Gasteiger partial charge is 0.357 e. The van der Waals surface area contributed by atoms with Gasteiger partial charge >= 0.3 is 16.9 Å². The predicted molar refractivity (Wildman–Crippen MR) is 115 cm³/mol. The highest BCUT2D eigenvalue weighted by Crippen LogP contribution is 2.27. The summed E-state index contributed by atoms with van der Waals surface area (Å²) in [6, 6.07) is 10.9. The molecule has 31 heavy (non-hydrogen) atoms. The first-order valence-electron chi connectivity index (χ1n) is 8.59. The number of non-ortho nitro benzene ring substituents is 1. The molecular formula is C19H13BrN4O7. The maximum atomic E-state index is 11.7. The Hall–Kier alpha value is -4.06. The van der Waals surface area contributed by atoms with Crippen LogP contribution in [0.15, 0.2) is 56.5 Å². The van der Waals surface area contributed by atoms with Gasteiger partial charge in [0.05, 0.1) is 9.85 Å². The molecule has 0 spiro atoms. The Labute approximate surface area is 181 Å². The molecule has 0 bridgehead atoms. The molecule has 0 aliphatic heterocycles. The van der Waals surface area contributed by atoms with Crippen molar-refractivity contribution in [2.24, 2.45) is 0 Å². The second kappa shape index (κ2) is 9.17. The van der Waals surface area contributed by atoms with Gasteiger partial charge in [0.1, 0.15) is 18.1 Å². The number of nitro groups is 2. The first kappa shape index (κ1) is 21.6. The maximum Gasteiger partial charge on any atom is 0.357 e. The lowest BCUT2D eigenvalue weighted by atomic mass is 10.1. The summed E-state index contributed by atoms with van der Waals surface area (Å²) in [5.74, 6) is 0.410. The van der Waals surface area contributed by atoms with E-state index in [1.165, 1.54) is 24.3 Å². The molecule has 0 atom stereocenters. The molecule has 0 unspecified atom stereocenters. The van der Waals surface area contributed by atoms with E-state index in [2.05, 4.69) is 20.9 Å². The number of nitrogens with zero attached hydrogens (tertiary/aromatic N) is 2. The maximum absolute atomic E-state index is 11.7. The van der Waals surface area contributed by atoms with E-state index in [1.807, 2.05) is 4.98 Å². The lowest BCUT2D eigenvalue weighted by Crippen LogP contribution is -2.25. The van der Waals surface area contributed by atoms with E-state index < -0.39 is 26.8 Å². The van der Waals surface area contributed by atoms with Gasteiger partial charge in [0.25, 0.3) is 5.69 Å². The average Bonchev–Trinajstić information content (AvgIpc) is 2.71. The van der Waals surface area contributed by atoms with Gasteiger partial charge in [-0.1, -0.05) is 15.9 Å². The van der Waals surface area contributed by atoms with Crippen LogP contribution in [0.5, 0.6) is 5.75 Å². The second-order valence-electron chi connectivity index (χ2n) is 6.16. The van der Waals surface area contributed by atoms with Crippen LogP contribution >= 0.6 is 15.9 Å². The van der Waals surface area contributed by atoms with Crippen LogP contribution in [-0.4, -0.2) is 19.8 Å². The molecule has 0 saturated carbocycles. The second-order valence-corrected chi connectivity index (χ2v) is 7.07. The molecule has 2 aromatic carbocycles. The highest BCUT2D eigenvalue weighted by molar-refractivity contribution is 9.10. The zero-order valence-electron chi connectivity index (χ0n) is 15.5. The fourth-order valence-electron chi connectivity index (χ4n) is 2.63. The van der Waals surface area contributed by atoms with Crippen LogP contribution in [0.2, 0.25) is 0 Å². The summed E-state index contributed by atoms with van der Waals surface area (Å²) in [4.78, 5) is 47.8. The minimum absolute atomic E-state index is 0.0375. The molecule has 11 nitrogen and oxygen atoms in total. The predicted octanol–water partition coefficient (Wildman–Crippen LogP) is 3.39. The van der Waals surface area contributed by atoms with Crippen molar-refractivity contribution in [3.8, 4) is 5.75 Å². The normalized spacial score (nSPS) is 10.9. The molecule has 0 amide bonds. The van der Waals surface area contributed by atoms with Gasteiger partial charge < -0.3 is 9.72 Å². The lowest BCUT2D eigenvalue weighted by molar-refractivity contribution is -0.386. The largest absolute Gasteiger partial charge is 0.488 e. The van der Waals surface area contributed by atoms with Gasteiger partial charge in [-0.25, -0.2) is 4.79 Å². The highest BCUT2D eigenvalue weighted by Gasteiger charge is 2.19. The number of benzene rings is 2. The summed E-state index contributed by atoms with van der Waals surface area (Å²) >= 11 is 3.33. The fraction of sp³-hybridized carbons (Fsp3) is 0.0526. The molecule has 0 aliphatic rings. The van der Waals surface area contributed by atoms with Crippen molar-refractivity contribution in [3.63, 3.8) is 0 Å². The van der Waals surface area contributed by atoms with Crippen molar-refractivity contribution in [1.29, 1.82) is 0 Å². The number of hydrogen-bond acceptors (Lipinski definition) is 7. The van der Waals surface area contributed by atoms with Crippen LogP contribution < -0.4 is 16.0 Å². The van der Waals surface area contributed by atoms with E-state index in [4.69, 9.17) is 4.74 Å². The van der Waals surface area contributed by atoms with E-state index >= 15 is 0 Å². The minimum Gasteiger partial charge on any atom is -0.488 e. The van der Waals surface area contributed by atoms with Crippen molar-refractivity contribution in [3.05, 3.63) is 105 Å². The topological polar surface area (TPSA) is 161 Å². The Bertz CT molecular complexity index is 1300. The standard InChI is InChI=1S/C19H13BrN4O7/c20-13-4-8-16(31-10-11-1-5-14(6-2-11)23(27)28)12(9-13)3-7-15-17(24(29)30)18(25)22-19(26)21-15/h1-9H,10H2,(H2,21,22,25,26)/b7-3+. The third kappa shape index (κ3) is 5.30. The summed E-state index contributed by atoms with van der Waals surface area (Å²) < 4.78 is 6.47. The molecule has 0 aliphatic carbocycles. The van der Waals surface area contributed by atoms with E-state index in [9.17, 15) is 29.8 Å². The molecule has 0 radical (unpaired) electrons. The highest BCUT2D eigenvalue weighted by atomic mass is 79.9. The molecular weight excluding hydrogens is 476 g/mol. The first-order valence-corrected chi connectivity index (χ1v) is 9.38. The third-order valence-corrected chi connectivity index (χ3v) is 4.56. The number of ether oxygens (including phenoxy) is 1. The van der Waals surface area contributed by atoms with Gasteiger partial charge in [-0.05, 0) is 48.0 Å². The lowest BCUT2D eigenvalue weighted by Gasteiger charge is -2.10. The van der Waals surface area contributed by atoms with Crippen molar-refractivity contribution in [1.82, 2.24) is 9.97 Å². The number of aromatic amines is 2. The van der Waals surface area contributed by atoms with E-state index in [0.29, 0.717) is 21.3 Å². The van der Waals surface area contributed by atoms with E-state index in [-0.39, 0.29) is 18.0 Å². The summed E-state index contributed by atoms with van der Waals surface area (Å²) in [5, 5.41) is 21.9. The number of halogens is 1. The molecule has 3 aromatic rings. The zero-order valence-corrected chi connectivity index (χ0v) is 17.1. The summed E-state index contributed by atoms with van der Waals surface area (Å²) in [6.45, 7) is 0.114. The van der Waals surface area contributed by atoms with Crippen LogP contribution in [0.3, 0.4) is 0 Å². The Kier molecular flexibility index (Phi) is 6.40. The average molecular weight is 489 g/mol. The van der Waals surface area contributed by atoms with Gasteiger partial charge in [0, 0.05) is 22.2 Å². The monoisotopic (exact) mass is 488 g/mol. The first-order chi connectivity index (χ1) is 14.7. The van der Waals surface area contributed by atoms with Crippen molar-refractivity contribution in [2.45, 2.75) is 6.61 Å². The molecule has 2 N–H and O–H groups in total. The van der Waals surface area contributed by atoms with Crippen LogP contribution in [-0.2, 0) is 6.61 Å². The molecule has 158 valence electrons. The van der Waals surface area contributed by atoms with Gasteiger partial charge in [-0.2, -0.15) is 0 Å². The third-order valence-electron chi connectivity index (χ3n) is 4.07. The summed E-state index contributed by atoms with van der Waals surface area (Å²) in [6.07, 6.45) is 2.68. The molecule has 0 saturated heterocycles. The Morgan fingerprint density at radius 2 is 1.68 bits per heavy atom. The number of aromatic nitrogens is 2. The van der Waals surface area contributed by atoms with Crippen LogP contribution in [0.1, 0.15) is 16.8 Å². The number of rotatable bonds is 7. The molecule has 1 aromatic heterocycles. The van der Waals surface area contributed by atoms with E-state index in [1.54, 1.807) is 30.3 Å². The molecule has 0 fully saturated rings. The molecule has 3 rings (SSSR count). The zero-order chi connectivity index (χ0) is 22.5. The van der Waals surface area contributed by atoms with Gasteiger partial charge in [0.15, 0.2) is 0 Å². The minimum atomic E-state index is -1.11. The van der Waals surface area contributed by atoms with Crippen molar-refractivity contribution < 1.29 is 14.6 Å². The molecule has 12 heteroatoms. The van der Waals surface area contributed by atoms with Crippen LogP contribution in [0.4, 0.5) is 11.4 Å². The number of hydrogen-bond donors (Lipinski definition) is 2. The number of nitrogens with one attached hydrogen (secondary N) is 2. The van der Waals surface area contributed by atoms with Crippen molar-refractivity contribution in [2.75, 3.05) is 0 Å². The van der Waals surface area contributed by atoms with Gasteiger partial charge in [-0.15, -0.1) is 0 Å². The fourth-order valence-corrected chi connectivity index (χ4v) is 3.01.